The molecule has 2 aromatic heterocycles. The summed E-state index contributed by atoms with van der Waals surface area (Å²) in [7, 11) is 0.656. The Morgan fingerprint density at radius 3 is 2.56 bits per heavy atom. The first-order valence-electron chi connectivity index (χ1n) is 10.2. The number of rotatable bonds is 6. The summed E-state index contributed by atoms with van der Waals surface area (Å²) < 4.78 is 25.7. The van der Waals surface area contributed by atoms with Gasteiger partial charge in [-0.25, -0.2) is 18.4 Å². The fourth-order valence-corrected chi connectivity index (χ4v) is 3.87. The smallest absolute Gasteiger partial charge is 0.229 e. The molecule has 3 aromatic rings. The molecule has 32 heavy (non-hydrogen) atoms. The molecule has 0 fully saturated rings. The van der Waals surface area contributed by atoms with E-state index < -0.39 is 10.0 Å². The molecular formula is C24H27N5O2S. The van der Waals surface area contributed by atoms with Gasteiger partial charge in [-0.1, -0.05) is 37.0 Å². The van der Waals surface area contributed by atoms with Crippen LogP contribution in [0, 0.1) is 18.8 Å². The average molecular weight is 450 g/mol. The molecule has 0 atom stereocenters. The van der Waals surface area contributed by atoms with Crippen LogP contribution in [0.1, 0.15) is 35.0 Å². The number of nitrogens with zero attached hydrogens (tertiary/aromatic N) is 4. The van der Waals surface area contributed by atoms with Crippen molar-refractivity contribution in [2.75, 3.05) is 25.1 Å². The molecule has 0 aliphatic rings. The third-order valence-electron chi connectivity index (χ3n) is 4.67. The molecule has 3 rings (SSSR count). The number of aromatic nitrogens is 3. The van der Waals surface area contributed by atoms with Gasteiger partial charge in [0, 0.05) is 23.9 Å². The SMILES string of the molecule is CCc1ncnc(-c2cccc(CN(C)C)c2)c1C#Cc1cnc(C)c(NS(C)(=O)=O)c1. The van der Waals surface area contributed by atoms with Crippen LogP contribution in [0.5, 0.6) is 0 Å². The van der Waals surface area contributed by atoms with Crippen molar-refractivity contribution in [2.45, 2.75) is 26.8 Å². The Hall–Kier alpha value is -3.28. The Bertz CT molecular complexity index is 1290. The van der Waals surface area contributed by atoms with Crippen LogP contribution in [0.3, 0.4) is 0 Å². The molecule has 0 spiro atoms. The van der Waals surface area contributed by atoms with Crippen LogP contribution in [0.4, 0.5) is 5.69 Å². The van der Waals surface area contributed by atoms with E-state index in [1.807, 2.05) is 33.2 Å². The Labute approximate surface area is 190 Å². The molecular weight excluding hydrogens is 422 g/mol. The standard InChI is InChI=1S/C24H27N5O2S/c1-6-22-21(11-10-18-13-23(17(2)25-14-18)28-32(5,30)31)24(27-16-26-22)20-9-7-8-19(12-20)15-29(3)4/h7-9,12-14,16,28H,6,15H2,1-5H3. The molecule has 0 amide bonds. The largest absolute Gasteiger partial charge is 0.305 e. The van der Waals surface area contributed by atoms with E-state index in [0.29, 0.717) is 23.4 Å². The van der Waals surface area contributed by atoms with Crippen LogP contribution in [0.25, 0.3) is 11.3 Å². The van der Waals surface area contributed by atoms with Crippen molar-refractivity contribution in [3.63, 3.8) is 0 Å². The number of nitrogens with one attached hydrogen (secondary N) is 1. The topological polar surface area (TPSA) is 88.1 Å². The molecule has 0 aliphatic carbocycles. The van der Waals surface area contributed by atoms with Crippen LogP contribution in [0.15, 0.2) is 42.9 Å². The lowest BCUT2D eigenvalue weighted by molar-refractivity contribution is 0.402. The molecule has 0 radical (unpaired) electrons. The molecule has 1 aromatic carbocycles. The highest BCUT2D eigenvalue weighted by molar-refractivity contribution is 7.92. The van der Waals surface area contributed by atoms with Gasteiger partial charge in [0.25, 0.3) is 0 Å². The first-order chi connectivity index (χ1) is 15.2. The van der Waals surface area contributed by atoms with Gasteiger partial charge in [-0.05, 0) is 45.1 Å². The fourth-order valence-electron chi connectivity index (χ4n) is 3.26. The first-order valence-corrected chi connectivity index (χ1v) is 12.1. The number of hydrogen-bond acceptors (Lipinski definition) is 6. The predicted molar refractivity (Wildman–Crippen MR) is 128 cm³/mol. The van der Waals surface area contributed by atoms with Crippen molar-refractivity contribution in [3.8, 4) is 23.1 Å². The van der Waals surface area contributed by atoms with E-state index in [9.17, 15) is 8.42 Å². The molecule has 0 aliphatic heterocycles. The van der Waals surface area contributed by atoms with Crippen LogP contribution >= 0.6 is 0 Å². The van der Waals surface area contributed by atoms with Gasteiger partial charge in [-0.2, -0.15) is 0 Å². The average Bonchev–Trinajstić information content (AvgIpc) is 2.72. The summed E-state index contributed by atoms with van der Waals surface area (Å²) in [4.78, 5) is 15.3. The monoisotopic (exact) mass is 449 g/mol. The second-order valence-electron chi connectivity index (χ2n) is 7.82. The Morgan fingerprint density at radius 1 is 1.09 bits per heavy atom. The number of sulfonamides is 1. The van der Waals surface area contributed by atoms with E-state index in [1.54, 1.807) is 25.5 Å². The minimum Gasteiger partial charge on any atom is -0.305 e. The Balaban J connectivity index is 2.06. The van der Waals surface area contributed by atoms with E-state index in [-0.39, 0.29) is 0 Å². The summed E-state index contributed by atoms with van der Waals surface area (Å²) in [6, 6.07) is 9.93. The zero-order valence-electron chi connectivity index (χ0n) is 19.0. The molecule has 8 heteroatoms. The second kappa shape index (κ2) is 9.90. The molecule has 0 saturated carbocycles. The van der Waals surface area contributed by atoms with Crippen molar-refractivity contribution in [2.24, 2.45) is 0 Å². The van der Waals surface area contributed by atoms with Crippen molar-refractivity contribution >= 4 is 15.7 Å². The van der Waals surface area contributed by atoms with Crippen molar-refractivity contribution in [1.82, 2.24) is 19.9 Å². The Morgan fingerprint density at radius 2 is 1.88 bits per heavy atom. The number of anilines is 1. The van der Waals surface area contributed by atoms with E-state index in [1.165, 1.54) is 5.56 Å². The van der Waals surface area contributed by atoms with Crippen LogP contribution in [0.2, 0.25) is 0 Å². The lowest BCUT2D eigenvalue weighted by atomic mass is 10.0. The van der Waals surface area contributed by atoms with Gasteiger partial charge >= 0.3 is 0 Å². The van der Waals surface area contributed by atoms with Crippen LogP contribution < -0.4 is 4.72 Å². The summed E-state index contributed by atoms with van der Waals surface area (Å²) >= 11 is 0. The molecule has 0 saturated heterocycles. The number of hydrogen-bond donors (Lipinski definition) is 1. The Kier molecular flexibility index (Phi) is 7.23. The van der Waals surface area contributed by atoms with E-state index in [4.69, 9.17) is 0 Å². The molecule has 0 bridgehead atoms. The lowest BCUT2D eigenvalue weighted by Crippen LogP contribution is -2.11. The molecule has 1 N–H and O–H groups in total. The van der Waals surface area contributed by atoms with Gasteiger partial charge in [0.15, 0.2) is 0 Å². The lowest BCUT2D eigenvalue weighted by Gasteiger charge is -2.12. The quantitative estimate of drug-likeness (QED) is 0.581. The first kappa shape index (κ1) is 23.4. The minimum atomic E-state index is -3.41. The summed E-state index contributed by atoms with van der Waals surface area (Å²) in [5.74, 6) is 6.33. The van der Waals surface area contributed by atoms with Gasteiger partial charge in [0.05, 0.1) is 34.6 Å². The van der Waals surface area contributed by atoms with Crippen molar-refractivity contribution in [1.29, 1.82) is 0 Å². The highest BCUT2D eigenvalue weighted by Crippen LogP contribution is 2.24. The molecule has 166 valence electrons. The fraction of sp³-hybridized carbons (Fsp3) is 0.292. The van der Waals surface area contributed by atoms with Crippen LogP contribution in [-0.4, -0.2) is 48.6 Å². The maximum absolute atomic E-state index is 11.6. The minimum absolute atomic E-state index is 0.413. The molecule has 0 unspecified atom stereocenters. The number of aryl methyl sites for hydroxylation is 2. The zero-order valence-corrected chi connectivity index (χ0v) is 19.8. The summed E-state index contributed by atoms with van der Waals surface area (Å²) in [6.45, 7) is 4.59. The molecule has 2 heterocycles. The normalized spacial score (nSPS) is 11.2. The third-order valence-corrected chi connectivity index (χ3v) is 5.26. The van der Waals surface area contributed by atoms with Gasteiger partial charge in [-0.15, -0.1) is 0 Å². The summed E-state index contributed by atoms with van der Waals surface area (Å²) in [6.07, 6.45) is 5.02. The maximum atomic E-state index is 11.6. The van der Waals surface area contributed by atoms with Gasteiger partial charge in [0.2, 0.25) is 10.0 Å². The summed E-state index contributed by atoms with van der Waals surface area (Å²) in [5, 5.41) is 0. The van der Waals surface area contributed by atoms with E-state index in [0.717, 1.165) is 35.3 Å². The molecule has 7 nitrogen and oxygen atoms in total. The maximum Gasteiger partial charge on any atom is 0.229 e. The highest BCUT2D eigenvalue weighted by Gasteiger charge is 2.12. The van der Waals surface area contributed by atoms with Crippen molar-refractivity contribution in [3.05, 3.63) is 70.9 Å². The number of benzene rings is 1. The van der Waals surface area contributed by atoms with Crippen LogP contribution in [-0.2, 0) is 23.0 Å². The second-order valence-corrected chi connectivity index (χ2v) is 9.57. The van der Waals surface area contributed by atoms with Crippen molar-refractivity contribution < 1.29 is 8.42 Å². The van der Waals surface area contributed by atoms with E-state index >= 15 is 0 Å². The zero-order chi connectivity index (χ0) is 23.3. The van der Waals surface area contributed by atoms with E-state index in [2.05, 4.69) is 48.5 Å². The summed E-state index contributed by atoms with van der Waals surface area (Å²) in [5.41, 5.74) is 6.15. The number of pyridine rings is 1. The van der Waals surface area contributed by atoms with Gasteiger partial charge < -0.3 is 4.90 Å². The third kappa shape index (κ3) is 6.13. The highest BCUT2D eigenvalue weighted by atomic mass is 32.2. The van der Waals surface area contributed by atoms with Gasteiger partial charge in [0.1, 0.15) is 6.33 Å². The van der Waals surface area contributed by atoms with Gasteiger partial charge in [-0.3, -0.25) is 9.71 Å². The predicted octanol–water partition coefficient (Wildman–Crippen LogP) is 3.24.